The molecule has 1 amide bonds. The van der Waals surface area contributed by atoms with E-state index in [1.54, 1.807) is 0 Å². The van der Waals surface area contributed by atoms with Crippen LogP contribution in [-0.4, -0.2) is 39.4 Å². The summed E-state index contributed by atoms with van der Waals surface area (Å²) in [6.07, 6.45) is 6.64. The van der Waals surface area contributed by atoms with Gasteiger partial charge in [0.15, 0.2) is 0 Å². The van der Waals surface area contributed by atoms with Crippen molar-refractivity contribution in [2.45, 2.75) is 77.7 Å². The van der Waals surface area contributed by atoms with Crippen molar-refractivity contribution in [3.05, 3.63) is 47.2 Å². The maximum absolute atomic E-state index is 12.4. The fraction of sp³-hybridized carbons (Fsp3) is 0.571. The number of amides is 1. The largest absolute Gasteiger partial charge is 0.444 e. The minimum Gasteiger partial charge on any atom is -0.444 e. The quantitative estimate of drug-likeness (QED) is 0.409. The SMILES string of the molecule is CC(C)(C)OC(=O)NC1[C@@H]2CCC[C@H]1CC(CNc1nc(NCc3ccccc3CO)ncc1C#N)C2. The first-order valence-electron chi connectivity index (χ1n) is 13.2. The molecule has 2 aliphatic rings. The number of carbonyl (C=O) groups excluding carboxylic acids is 1. The van der Waals surface area contributed by atoms with E-state index in [0.717, 1.165) is 36.8 Å². The molecule has 4 N–H and O–H groups in total. The Morgan fingerprint density at radius 1 is 1.16 bits per heavy atom. The molecule has 198 valence electrons. The zero-order valence-corrected chi connectivity index (χ0v) is 22.0. The number of nitrogens with zero attached hydrogens (tertiary/aromatic N) is 3. The summed E-state index contributed by atoms with van der Waals surface area (Å²) in [7, 11) is 0. The predicted octanol–water partition coefficient (Wildman–Crippen LogP) is 4.58. The summed E-state index contributed by atoms with van der Waals surface area (Å²) in [5.74, 6) is 2.24. The van der Waals surface area contributed by atoms with Crippen molar-refractivity contribution >= 4 is 17.9 Å². The Morgan fingerprint density at radius 2 is 1.86 bits per heavy atom. The van der Waals surface area contributed by atoms with E-state index in [0.29, 0.717) is 48.2 Å². The maximum Gasteiger partial charge on any atom is 0.407 e. The molecule has 0 aliphatic heterocycles. The molecule has 4 rings (SSSR count). The number of benzene rings is 1. The number of aliphatic hydroxyl groups excluding tert-OH is 1. The van der Waals surface area contributed by atoms with Crippen LogP contribution in [0.3, 0.4) is 0 Å². The van der Waals surface area contributed by atoms with Crippen LogP contribution in [0.4, 0.5) is 16.6 Å². The molecule has 9 heteroatoms. The number of anilines is 2. The first kappa shape index (κ1) is 26.7. The third-order valence-corrected chi connectivity index (χ3v) is 7.31. The predicted molar refractivity (Wildman–Crippen MR) is 142 cm³/mol. The van der Waals surface area contributed by atoms with Gasteiger partial charge in [0.25, 0.3) is 0 Å². The van der Waals surface area contributed by atoms with Crippen molar-refractivity contribution in [1.82, 2.24) is 15.3 Å². The number of ether oxygens (including phenoxy) is 1. The molecule has 2 aromatic rings. The molecule has 0 radical (unpaired) electrons. The van der Waals surface area contributed by atoms with Gasteiger partial charge in [-0.2, -0.15) is 10.2 Å². The minimum absolute atomic E-state index is 0.0313. The number of rotatable bonds is 8. The highest BCUT2D eigenvalue weighted by atomic mass is 16.6. The molecule has 4 atom stereocenters. The molecular formula is C28H38N6O3. The van der Waals surface area contributed by atoms with Crippen LogP contribution in [-0.2, 0) is 17.9 Å². The van der Waals surface area contributed by atoms with E-state index in [2.05, 4.69) is 32.0 Å². The number of hydrogen-bond acceptors (Lipinski definition) is 8. The molecule has 2 fully saturated rings. The zero-order chi connectivity index (χ0) is 26.4. The number of carbonyl (C=O) groups is 1. The summed E-state index contributed by atoms with van der Waals surface area (Å²) in [4.78, 5) is 21.3. The van der Waals surface area contributed by atoms with E-state index in [1.165, 1.54) is 12.6 Å². The fourth-order valence-corrected chi connectivity index (χ4v) is 5.70. The molecule has 2 saturated carbocycles. The van der Waals surface area contributed by atoms with Gasteiger partial charge >= 0.3 is 6.09 Å². The van der Waals surface area contributed by atoms with Crippen LogP contribution >= 0.6 is 0 Å². The van der Waals surface area contributed by atoms with Gasteiger partial charge in [-0.3, -0.25) is 0 Å². The van der Waals surface area contributed by atoms with Crippen LogP contribution in [0.1, 0.15) is 69.6 Å². The third-order valence-electron chi connectivity index (χ3n) is 7.31. The Hall–Kier alpha value is -3.38. The Labute approximate surface area is 219 Å². The molecule has 2 bridgehead atoms. The number of fused-ring (bicyclic) bond motifs is 2. The van der Waals surface area contributed by atoms with Gasteiger partial charge in [0.1, 0.15) is 23.1 Å². The van der Waals surface area contributed by atoms with Crippen molar-refractivity contribution < 1.29 is 14.6 Å². The van der Waals surface area contributed by atoms with Gasteiger partial charge in [-0.05, 0) is 75.3 Å². The molecule has 37 heavy (non-hydrogen) atoms. The van der Waals surface area contributed by atoms with E-state index >= 15 is 0 Å². The highest BCUT2D eigenvalue weighted by molar-refractivity contribution is 5.68. The van der Waals surface area contributed by atoms with Gasteiger partial charge in [-0.1, -0.05) is 30.7 Å². The van der Waals surface area contributed by atoms with Crippen LogP contribution < -0.4 is 16.0 Å². The van der Waals surface area contributed by atoms with Crippen molar-refractivity contribution in [3.63, 3.8) is 0 Å². The van der Waals surface area contributed by atoms with Crippen molar-refractivity contribution in [3.8, 4) is 6.07 Å². The average molecular weight is 507 g/mol. The lowest BCUT2D eigenvalue weighted by atomic mass is 9.64. The van der Waals surface area contributed by atoms with Crippen LogP contribution in [0.2, 0.25) is 0 Å². The summed E-state index contributed by atoms with van der Waals surface area (Å²) in [5.41, 5.74) is 1.72. The van der Waals surface area contributed by atoms with Gasteiger partial charge in [0.2, 0.25) is 5.95 Å². The molecular weight excluding hydrogens is 468 g/mol. The topological polar surface area (TPSA) is 132 Å². The summed E-state index contributed by atoms with van der Waals surface area (Å²) in [5, 5.41) is 28.9. The molecule has 1 aromatic heterocycles. The third kappa shape index (κ3) is 7.10. The molecule has 1 aromatic carbocycles. The minimum atomic E-state index is -0.508. The molecule has 2 aliphatic carbocycles. The second-order valence-corrected chi connectivity index (χ2v) is 11.2. The molecule has 2 unspecified atom stereocenters. The van der Waals surface area contributed by atoms with Gasteiger partial charge in [-0.25, -0.2) is 9.78 Å². The van der Waals surface area contributed by atoms with Crippen LogP contribution in [0.5, 0.6) is 0 Å². The lowest BCUT2D eigenvalue weighted by molar-refractivity contribution is 0.0324. The van der Waals surface area contributed by atoms with E-state index in [4.69, 9.17) is 4.74 Å². The highest BCUT2D eigenvalue weighted by Gasteiger charge is 2.41. The Morgan fingerprint density at radius 3 is 2.51 bits per heavy atom. The molecule has 1 heterocycles. The number of hydrogen-bond donors (Lipinski definition) is 4. The van der Waals surface area contributed by atoms with Crippen molar-refractivity contribution in [1.29, 1.82) is 5.26 Å². The van der Waals surface area contributed by atoms with Crippen LogP contribution in [0, 0.1) is 29.1 Å². The van der Waals surface area contributed by atoms with Crippen LogP contribution in [0.15, 0.2) is 30.5 Å². The van der Waals surface area contributed by atoms with Crippen molar-refractivity contribution in [2.24, 2.45) is 17.8 Å². The number of nitriles is 1. The number of alkyl carbamates (subject to hydrolysis) is 1. The highest BCUT2D eigenvalue weighted by Crippen LogP contribution is 2.43. The maximum atomic E-state index is 12.4. The Balaban J connectivity index is 1.36. The normalized spacial score (nSPS) is 23.0. The average Bonchev–Trinajstić information content (AvgIpc) is 2.85. The molecule has 0 spiro atoms. The Kier molecular flexibility index (Phi) is 8.49. The summed E-state index contributed by atoms with van der Waals surface area (Å²) in [6.45, 7) is 6.80. The van der Waals surface area contributed by atoms with Crippen LogP contribution in [0.25, 0.3) is 0 Å². The smallest absolute Gasteiger partial charge is 0.407 e. The van der Waals surface area contributed by atoms with Gasteiger partial charge in [0, 0.05) is 19.1 Å². The van der Waals surface area contributed by atoms with Crippen molar-refractivity contribution in [2.75, 3.05) is 17.2 Å². The number of aromatic nitrogens is 2. The summed E-state index contributed by atoms with van der Waals surface area (Å²) >= 11 is 0. The van der Waals surface area contributed by atoms with Gasteiger partial charge in [-0.15, -0.1) is 0 Å². The summed E-state index contributed by atoms with van der Waals surface area (Å²) < 4.78 is 5.51. The standard InChI is InChI=1S/C28H38N6O3/c1-28(2,3)37-27(36)33-24-19-9-6-10-20(24)12-18(11-19)14-30-25-23(13-29)16-32-26(34-25)31-15-21-7-4-5-8-22(21)17-35/h4-5,7-8,16,18-20,24,35H,6,9-12,14-15,17H2,1-3H3,(H,33,36)(H2,30,31,32,34)/t18?,19-,20+,24?. The first-order chi connectivity index (χ1) is 17.8. The fourth-order valence-electron chi connectivity index (χ4n) is 5.70. The van der Waals surface area contributed by atoms with E-state index < -0.39 is 5.60 Å². The lowest BCUT2D eigenvalue weighted by Crippen LogP contribution is -2.52. The Bertz CT molecular complexity index is 1110. The molecule has 9 nitrogen and oxygen atoms in total. The van der Waals surface area contributed by atoms with Gasteiger partial charge < -0.3 is 25.8 Å². The van der Waals surface area contributed by atoms with E-state index in [9.17, 15) is 15.2 Å². The number of aliphatic hydroxyl groups is 1. The monoisotopic (exact) mass is 506 g/mol. The second kappa shape index (κ2) is 11.8. The molecule has 0 saturated heterocycles. The first-order valence-corrected chi connectivity index (χ1v) is 13.2. The lowest BCUT2D eigenvalue weighted by Gasteiger charge is -2.46. The zero-order valence-electron chi connectivity index (χ0n) is 22.0. The van der Waals surface area contributed by atoms with E-state index in [-0.39, 0.29) is 18.7 Å². The number of nitrogens with one attached hydrogen (secondary N) is 3. The second-order valence-electron chi connectivity index (χ2n) is 11.2. The van der Waals surface area contributed by atoms with Gasteiger partial charge in [0.05, 0.1) is 12.8 Å². The summed E-state index contributed by atoms with van der Waals surface area (Å²) in [6, 6.07) is 9.99. The van der Waals surface area contributed by atoms with E-state index in [1.807, 2.05) is 45.0 Å².